The van der Waals surface area contributed by atoms with Gasteiger partial charge in [-0.1, -0.05) is 0 Å². The van der Waals surface area contributed by atoms with Crippen molar-refractivity contribution in [1.82, 2.24) is 39.0 Å². The van der Waals surface area contributed by atoms with E-state index < -0.39 is 83.0 Å². The SMILES string of the molecule is Nc1nc2c(ncn2[C@@H]2O[C@@H]3COP(=O)(O)O[C@H]4C[C@H](n5cnc6c(=O)[nH]cnc65)O[C@@H]4COP(=O)(O)O[C@@H]2[C@@H]3O)c(=O)[nH]1. The van der Waals surface area contributed by atoms with Crippen molar-refractivity contribution in [2.45, 2.75) is 49.4 Å². The summed E-state index contributed by atoms with van der Waals surface area (Å²) in [5, 5.41) is 11.0. The first-order valence-corrected chi connectivity index (χ1v) is 15.8. The summed E-state index contributed by atoms with van der Waals surface area (Å²) in [5.41, 5.74) is 4.35. The third kappa shape index (κ3) is 5.18. The van der Waals surface area contributed by atoms with Crippen LogP contribution < -0.4 is 16.9 Å². The third-order valence-electron chi connectivity index (χ3n) is 7.22. The lowest BCUT2D eigenvalue weighted by molar-refractivity contribution is -0.0670. The zero-order valence-electron chi connectivity index (χ0n) is 22.0. The van der Waals surface area contributed by atoms with Crippen LogP contribution in [0.15, 0.2) is 28.6 Å². The number of nitrogens with zero attached hydrogens (tertiary/aromatic N) is 6. The van der Waals surface area contributed by atoms with Crippen molar-refractivity contribution in [2.24, 2.45) is 0 Å². The van der Waals surface area contributed by atoms with Gasteiger partial charge >= 0.3 is 15.6 Å². The maximum Gasteiger partial charge on any atom is 0.472 e. The van der Waals surface area contributed by atoms with Gasteiger partial charge in [0.1, 0.15) is 36.7 Å². The highest BCUT2D eigenvalue weighted by atomic mass is 31.2. The number of nitrogens with one attached hydrogen (secondary N) is 2. The summed E-state index contributed by atoms with van der Waals surface area (Å²) in [7, 11) is -9.93. The Morgan fingerprint density at radius 2 is 1.57 bits per heavy atom. The number of anilines is 1. The molecule has 4 aromatic heterocycles. The zero-order valence-corrected chi connectivity index (χ0v) is 23.8. The summed E-state index contributed by atoms with van der Waals surface area (Å²) in [4.78, 5) is 66.3. The van der Waals surface area contributed by atoms with E-state index in [1.807, 2.05) is 0 Å². The molecule has 7 N–H and O–H groups in total. The number of aromatic nitrogens is 8. The molecule has 4 aromatic rings. The summed E-state index contributed by atoms with van der Waals surface area (Å²) in [6.45, 7) is -1.44. The first-order chi connectivity index (χ1) is 20.9. The number of aromatic amines is 2. The molecule has 2 unspecified atom stereocenters. The average Bonchev–Trinajstić information content (AvgIpc) is 3.72. The quantitative estimate of drug-likeness (QED) is 0.132. The summed E-state index contributed by atoms with van der Waals surface area (Å²) in [6, 6.07) is 0. The molecule has 0 amide bonds. The van der Waals surface area contributed by atoms with Gasteiger partial charge in [-0.2, -0.15) is 4.98 Å². The van der Waals surface area contributed by atoms with Crippen LogP contribution in [-0.4, -0.2) is 97.7 Å². The topological polar surface area (TPSA) is 303 Å². The highest BCUT2D eigenvalue weighted by molar-refractivity contribution is 7.47. The van der Waals surface area contributed by atoms with Gasteiger partial charge in [-0.05, 0) is 0 Å². The first-order valence-electron chi connectivity index (χ1n) is 12.8. The molecule has 44 heavy (non-hydrogen) atoms. The molecule has 0 aromatic carbocycles. The monoisotopic (exact) mass is 659 g/mol. The van der Waals surface area contributed by atoms with E-state index in [1.165, 1.54) is 10.9 Å². The molecule has 3 aliphatic heterocycles. The number of nitrogens with two attached hydrogens (primary N) is 1. The molecule has 0 saturated carbocycles. The summed E-state index contributed by atoms with van der Waals surface area (Å²) < 4.78 is 61.4. The molecule has 9 atom stereocenters. The minimum absolute atomic E-state index is 0.0107. The third-order valence-corrected chi connectivity index (χ3v) is 9.22. The van der Waals surface area contributed by atoms with E-state index in [0.717, 1.165) is 17.2 Å². The lowest BCUT2D eigenvalue weighted by Crippen LogP contribution is -2.35. The van der Waals surface area contributed by atoms with Crippen molar-refractivity contribution in [3.63, 3.8) is 0 Å². The van der Waals surface area contributed by atoms with Crippen LogP contribution in [-0.2, 0) is 36.7 Å². The Bertz CT molecular complexity index is 1960. The molecule has 7 rings (SSSR count). The van der Waals surface area contributed by atoms with E-state index >= 15 is 0 Å². The van der Waals surface area contributed by atoms with Crippen LogP contribution >= 0.6 is 15.6 Å². The highest BCUT2D eigenvalue weighted by Gasteiger charge is 2.52. The maximum atomic E-state index is 13.1. The predicted octanol–water partition coefficient (Wildman–Crippen LogP) is -1.60. The summed E-state index contributed by atoms with van der Waals surface area (Å²) >= 11 is 0. The second-order valence-corrected chi connectivity index (χ2v) is 12.8. The number of phosphoric acid groups is 2. The number of hydrogen-bond acceptors (Lipinski definition) is 16. The van der Waals surface area contributed by atoms with E-state index in [4.69, 9.17) is 33.3 Å². The predicted molar refractivity (Wildman–Crippen MR) is 140 cm³/mol. The van der Waals surface area contributed by atoms with Gasteiger partial charge in [0.05, 0.1) is 32.2 Å². The van der Waals surface area contributed by atoms with Gasteiger partial charge in [-0.15, -0.1) is 0 Å². The Balaban J connectivity index is 1.19. The zero-order chi connectivity index (χ0) is 31.0. The van der Waals surface area contributed by atoms with Crippen molar-refractivity contribution in [2.75, 3.05) is 18.9 Å². The molecule has 0 spiro atoms. The van der Waals surface area contributed by atoms with Gasteiger partial charge in [0.15, 0.2) is 28.6 Å². The fourth-order valence-corrected chi connectivity index (χ4v) is 7.14. The average molecular weight is 659 g/mol. The lowest BCUT2D eigenvalue weighted by Gasteiger charge is -2.25. The van der Waals surface area contributed by atoms with Crippen molar-refractivity contribution < 1.29 is 51.6 Å². The number of aliphatic hydroxyl groups is 1. The van der Waals surface area contributed by atoms with E-state index in [0.29, 0.717) is 0 Å². The Kier molecular flexibility index (Phi) is 7.06. The maximum absolute atomic E-state index is 13.1. The molecule has 24 heteroatoms. The normalized spacial score (nSPS) is 36.6. The fourth-order valence-electron chi connectivity index (χ4n) is 5.25. The molecule has 7 heterocycles. The minimum Gasteiger partial charge on any atom is -0.387 e. The van der Waals surface area contributed by atoms with Crippen molar-refractivity contribution in [3.05, 3.63) is 39.7 Å². The second kappa shape index (κ2) is 10.6. The standard InChI is InChI=1S/C20H23N9O13P2/c21-20-26-16-12(18(32)27-20)25-6-29(16)19-14-13(30)9(40-19)3-38-43(33,34)41-7-1-10(39-8(7)2-37-44(35,36)42-14)28-5-24-11-15(28)22-4-23-17(11)31/h4-10,13-14,19,30H,1-3H2,(H,33,34)(H,35,36)(H,22,23,31)(H3,21,26,27,32)/t7-,8+,9+,10+,13+,14+,19+/m0/s1. The van der Waals surface area contributed by atoms with Gasteiger partial charge in [0, 0.05) is 6.42 Å². The molecule has 236 valence electrons. The van der Waals surface area contributed by atoms with Crippen LogP contribution in [0.4, 0.5) is 5.95 Å². The van der Waals surface area contributed by atoms with Crippen LogP contribution in [0, 0.1) is 0 Å². The molecule has 22 nitrogen and oxygen atoms in total. The van der Waals surface area contributed by atoms with Gasteiger partial charge in [-0.3, -0.25) is 41.8 Å². The molecule has 0 radical (unpaired) electrons. The van der Waals surface area contributed by atoms with Gasteiger partial charge in [0.25, 0.3) is 11.1 Å². The summed E-state index contributed by atoms with van der Waals surface area (Å²) in [5.74, 6) is -0.271. The molecule has 0 aliphatic carbocycles. The number of imidazole rings is 2. The van der Waals surface area contributed by atoms with Gasteiger partial charge in [-0.25, -0.2) is 24.1 Å². The summed E-state index contributed by atoms with van der Waals surface area (Å²) in [6.07, 6.45) is -6.29. The Morgan fingerprint density at radius 1 is 0.886 bits per heavy atom. The van der Waals surface area contributed by atoms with Gasteiger partial charge in [0.2, 0.25) is 5.95 Å². The van der Waals surface area contributed by atoms with E-state index in [1.54, 1.807) is 0 Å². The first kappa shape index (κ1) is 29.3. The number of phosphoric ester groups is 2. The number of hydrogen-bond donors (Lipinski definition) is 6. The van der Waals surface area contributed by atoms with E-state index in [2.05, 4.69) is 29.9 Å². The van der Waals surface area contributed by atoms with Crippen LogP contribution in [0.2, 0.25) is 0 Å². The molecule has 3 saturated heterocycles. The smallest absolute Gasteiger partial charge is 0.387 e. The number of H-pyrrole nitrogens is 2. The molecule has 2 bridgehead atoms. The van der Waals surface area contributed by atoms with Crippen molar-refractivity contribution in [3.8, 4) is 0 Å². The molecular formula is C20H23N9O13P2. The number of ether oxygens (including phenoxy) is 2. The molecular weight excluding hydrogens is 636 g/mol. The Morgan fingerprint density at radius 3 is 2.34 bits per heavy atom. The van der Waals surface area contributed by atoms with Crippen LogP contribution in [0.3, 0.4) is 0 Å². The van der Waals surface area contributed by atoms with Crippen molar-refractivity contribution >= 4 is 43.9 Å². The van der Waals surface area contributed by atoms with E-state index in [9.17, 15) is 33.6 Å². The van der Waals surface area contributed by atoms with Crippen molar-refractivity contribution in [1.29, 1.82) is 0 Å². The number of fused-ring (bicyclic) bond motifs is 5. The van der Waals surface area contributed by atoms with Crippen LogP contribution in [0.1, 0.15) is 18.9 Å². The van der Waals surface area contributed by atoms with Crippen LogP contribution in [0.25, 0.3) is 22.3 Å². The minimum atomic E-state index is -5.03. The lowest BCUT2D eigenvalue weighted by atomic mass is 10.1. The number of aliphatic hydroxyl groups excluding tert-OH is 1. The van der Waals surface area contributed by atoms with Gasteiger partial charge < -0.3 is 35.1 Å². The van der Waals surface area contributed by atoms with Crippen LogP contribution in [0.5, 0.6) is 0 Å². The Hall–Kier alpha value is -3.40. The fraction of sp³-hybridized carbons (Fsp3) is 0.500. The number of rotatable bonds is 2. The Labute approximate surface area is 242 Å². The second-order valence-electron chi connectivity index (χ2n) is 9.99. The largest absolute Gasteiger partial charge is 0.472 e. The van der Waals surface area contributed by atoms with E-state index in [-0.39, 0.29) is 34.7 Å². The molecule has 3 fully saturated rings. The number of nitrogen functional groups attached to an aromatic ring is 1. The highest BCUT2D eigenvalue weighted by Crippen LogP contribution is 2.53. The molecule has 3 aliphatic rings.